The summed E-state index contributed by atoms with van der Waals surface area (Å²) in [6.45, 7) is 5.02. The lowest BCUT2D eigenvalue weighted by Crippen LogP contribution is -2.15. The second-order valence-corrected chi connectivity index (χ2v) is 4.95. The van der Waals surface area contributed by atoms with E-state index in [4.69, 9.17) is 0 Å². The monoisotopic (exact) mass is 257 g/mol. The number of hydrogen-bond donors (Lipinski definition) is 1. The molecule has 0 saturated carbocycles. The molecule has 0 saturated heterocycles. The summed E-state index contributed by atoms with van der Waals surface area (Å²) in [5.41, 5.74) is 3.90. The normalized spacial score (nSPS) is 10.7. The van der Waals surface area contributed by atoms with Gasteiger partial charge in [-0.3, -0.25) is 0 Å². The molecule has 0 amide bonds. The third-order valence-electron chi connectivity index (χ3n) is 3.35. The number of nitrogens with one attached hydrogen (secondary N) is 1. The van der Waals surface area contributed by atoms with Crippen LogP contribution in [-0.2, 0) is 19.6 Å². The minimum Gasteiger partial charge on any atom is -0.378 e. The fraction of sp³-hybridized carbons (Fsp3) is 0.375. The van der Waals surface area contributed by atoms with E-state index in [-0.39, 0.29) is 0 Å². The van der Waals surface area contributed by atoms with Crippen molar-refractivity contribution in [2.45, 2.75) is 26.6 Å². The van der Waals surface area contributed by atoms with Gasteiger partial charge in [0, 0.05) is 51.3 Å². The minimum absolute atomic E-state index is 0.905. The lowest BCUT2D eigenvalue weighted by atomic mass is 10.2. The SMILES string of the molecule is CCn1cccc1CNCc1ccc(N(C)C)cc1. The van der Waals surface area contributed by atoms with E-state index in [2.05, 4.69) is 78.4 Å². The van der Waals surface area contributed by atoms with E-state index in [1.165, 1.54) is 16.9 Å². The van der Waals surface area contributed by atoms with Crippen LogP contribution in [0.5, 0.6) is 0 Å². The molecule has 3 nitrogen and oxygen atoms in total. The van der Waals surface area contributed by atoms with E-state index in [1.807, 2.05) is 0 Å². The Bertz CT molecular complexity index is 497. The molecule has 2 rings (SSSR count). The lowest BCUT2D eigenvalue weighted by molar-refractivity contribution is 0.629. The topological polar surface area (TPSA) is 20.2 Å². The average molecular weight is 257 g/mol. The van der Waals surface area contributed by atoms with Crippen LogP contribution in [0.25, 0.3) is 0 Å². The Balaban J connectivity index is 1.85. The van der Waals surface area contributed by atoms with E-state index in [1.54, 1.807) is 0 Å². The second kappa shape index (κ2) is 6.43. The number of hydrogen-bond acceptors (Lipinski definition) is 2. The molecule has 0 radical (unpaired) electrons. The van der Waals surface area contributed by atoms with E-state index >= 15 is 0 Å². The first kappa shape index (κ1) is 13.7. The van der Waals surface area contributed by atoms with Gasteiger partial charge >= 0.3 is 0 Å². The van der Waals surface area contributed by atoms with Crippen molar-refractivity contribution in [2.24, 2.45) is 0 Å². The van der Waals surface area contributed by atoms with Crippen molar-refractivity contribution in [3.8, 4) is 0 Å². The van der Waals surface area contributed by atoms with E-state index in [0.29, 0.717) is 0 Å². The molecule has 0 fully saturated rings. The van der Waals surface area contributed by atoms with Gasteiger partial charge in [-0.15, -0.1) is 0 Å². The molecule has 1 N–H and O–H groups in total. The van der Waals surface area contributed by atoms with Gasteiger partial charge in [0.05, 0.1) is 0 Å². The Kier molecular flexibility index (Phi) is 4.63. The molecular formula is C16H23N3. The lowest BCUT2D eigenvalue weighted by Gasteiger charge is -2.13. The molecule has 2 aromatic rings. The van der Waals surface area contributed by atoms with Crippen molar-refractivity contribution in [3.63, 3.8) is 0 Å². The van der Waals surface area contributed by atoms with Crippen LogP contribution in [0.2, 0.25) is 0 Å². The predicted molar refractivity (Wildman–Crippen MR) is 81.4 cm³/mol. The molecule has 19 heavy (non-hydrogen) atoms. The maximum absolute atomic E-state index is 3.49. The quantitative estimate of drug-likeness (QED) is 0.858. The predicted octanol–water partition coefficient (Wildman–Crippen LogP) is 2.86. The first-order chi connectivity index (χ1) is 9.20. The van der Waals surface area contributed by atoms with E-state index in [0.717, 1.165) is 19.6 Å². The Morgan fingerprint density at radius 2 is 1.79 bits per heavy atom. The fourth-order valence-electron chi connectivity index (χ4n) is 2.17. The minimum atomic E-state index is 0.905. The molecule has 3 heteroatoms. The highest BCUT2D eigenvalue weighted by Crippen LogP contribution is 2.12. The summed E-state index contributed by atoms with van der Waals surface area (Å²) < 4.78 is 2.27. The van der Waals surface area contributed by atoms with E-state index in [9.17, 15) is 0 Å². The summed E-state index contributed by atoms with van der Waals surface area (Å²) in [5.74, 6) is 0. The molecule has 0 unspecified atom stereocenters. The third kappa shape index (κ3) is 3.61. The van der Waals surface area contributed by atoms with Crippen molar-refractivity contribution in [3.05, 3.63) is 53.9 Å². The summed E-state index contributed by atoms with van der Waals surface area (Å²) in [5, 5.41) is 3.49. The largest absolute Gasteiger partial charge is 0.378 e. The fourth-order valence-corrected chi connectivity index (χ4v) is 2.17. The molecule has 0 aliphatic rings. The first-order valence-electron chi connectivity index (χ1n) is 6.81. The van der Waals surface area contributed by atoms with Crippen LogP contribution in [0, 0.1) is 0 Å². The molecule has 1 aromatic heterocycles. The van der Waals surface area contributed by atoms with Crippen molar-refractivity contribution in [1.29, 1.82) is 0 Å². The Morgan fingerprint density at radius 3 is 2.42 bits per heavy atom. The maximum Gasteiger partial charge on any atom is 0.0362 e. The number of nitrogens with zero attached hydrogens (tertiary/aromatic N) is 2. The van der Waals surface area contributed by atoms with Gasteiger partial charge in [-0.05, 0) is 36.8 Å². The van der Waals surface area contributed by atoms with Crippen molar-refractivity contribution in [1.82, 2.24) is 9.88 Å². The van der Waals surface area contributed by atoms with Crippen LogP contribution in [0.15, 0.2) is 42.6 Å². The molecule has 0 spiro atoms. The number of aromatic nitrogens is 1. The average Bonchev–Trinajstić information content (AvgIpc) is 2.87. The first-order valence-corrected chi connectivity index (χ1v) is 6.81. The molecule has 102 valence electrons. The number of rotatable bonds is 6. The summed E-state index contributed by atoms with van der Waals surface area (Å²) in [7, 11) is 4.12. The molecule has 0 aliphatic heterocycles. The van der Waals surface area contributed by atoms with Crippen LogP contribution >= 0.6 is 0 Å². The zero-order valence-corrected chi connectivity index (χ0v) is 12.1. The molecular weight excluding hydrogens is 234 g/mol. The highest BCUT2D eigenvalue weighted by Gasteiger charge is 1.99. The van der Waals surface area contributed by atoms with Gasteiger partial charge in [-0.2, -0.15) is 0 Å². The maximum atomic E-state index is 3.49. The highest BCUT2D eigenvalue weighted by molar-refractivity contribution is 5.45. The molecule has 0 atom stereocenters. The molecule has 1 heterocycles. The van der Waals surface area contributed by atoms with Crippen molar-refractivity contribution < 1.29 is 0 Å². The van der Waals surface area contributed by atoms with Crippen LogP contribution in [0.1, 0.15) is 18.2 Å². The van der Waals surface area contributed by atoms with Gasteiger partial charge in [0.15, 0.2) is 0 Å². The van der Waals surface area contributed by atoms with Gasteiger partial charge in [0.25, 0.3) is 0 Å². The van der Waals surface area contributed by atoms with E-state index < -0.39 is 0 Å². The molecule has 0 bridgehead atoms. The highest BCUT2D eigenvalue weighted by atomic mass is 15.1. The van der Waals surface area contributed by atoms with Crippen molar-refractivity contribution in [2.75, 3.05) is 19.0 Å². The zero-order valence-electron chi connectivity index (χ0n) is 12.1. The van der Waals surface area contributed by atoms with Crippen LogP contribution in [0.4, 0.5) is 5.69 Å². The number of anilines is 1. The summed E-state index contributed by atoms with van der Waals surface area (Å²) in [6.07, 6.45) is 2.13. The van der Waals surface area contributed by atoms with Gasteiger partial charge < -0.3 is 14.8 Å². The van der Waals surface area contributed by atoms with Gasteiger partial charge in [0.1, 0.15) is 0 Å². The molecule has 0 aliphatic carbocycles. The summed E-state index contributed by atoms with van der Waals surface area (Å²) in [6, 6.07) is 13.0. The van der Waals surface area contributed by atoms with Crippen LogP contribution in [0.3, 0.4) is 0 Å². The summed E-state index contributed by atoms with van der Waals surface area (Å²) in [4.78, 5) is 2.12. The number of benzene rings is 1. The van der Waals surface area contributed by atoms with Gasteiger partial charge in [0.2, 0.25) is 0 Å². The number of aryl methyl sites for hydroxylation is 1. The smallest absolute Gasteiger partial charge is 0.0362 e. The zero-order chi connectivity index (χ0) is 13.7. The Hall–Kier alpha value is -1.74. The Labute approximate surface area is 115 Å². The molecule has 1 aromatic carbocycles. The standard InChI is InChI=1S/C16H23N3/c1-4-19-11-5-6-16(19)13-17-12-14-7-9-15(10-8-14)18(2)3/h5-11,17H,4,12-13H2,1-3H3. The van der Waals surface area contributed by atoms with Gasteiger partial charge in [-0.25, -0.2) is 0 Å². The van der Waals surface area contributed by atoms with Crippen molar-refractivity contribution >= 4 is 5.69 Å². The Morgan fingerprint density at radius 1 is 1.05 bits per heavy atom. The summed E-state index contributed by atoms with van der Waals surface area (Å²) >= 11 is 0. The third-order valence-corrected chi connectivity index (χ3v) is 3.35. The second-order valence-electron chi connectivity index (χ2n) is 4.95. The van der Waals surface area contributed by atoms with Crippen LogP contribution in [-0.4, -0.2) is 18.7 Å². The van der Waals surface area contributed by atoms with Gasteiger partial charge in [-0.1, -0.05) is 12.1 Å². The van der Waals surface area contributed by atoms with Crippen LogP contribution < -0.4 is 10.2 Å².